The highest BCUT2D eigenvalue weighted by Crippen LogP contribution is 2.11. The van der Waals surface area contributed by atoms with Crippen molar-refractivity contribution in [3.05, 3.63) is 36.5 Å². The summed E-state index contributed by atoms with van der Waals surface area (Å²) < 4.78 is 0. The summed E-state index contributed by atoms with van der Waals surface area (Å²) in [7, 11) is 0. The highest BCUT2D eigenvalue weighted by molar-refractivity contribution is 5.87. The highest BCUT2D eigenvalue weighted by Gasteiger charge is 1.99. The van der Waals surface area contributed by atoms with Gasteiger partial charge in [0.15, 0.2) is 0 Å². The molecule has 0 aliphatic carbocycles. The van der Waals surface area contributed by atoms with Crippen molar-refractivity contribution in [3.63, 3.8) is 0 Å². The molecule has 1 atom stereocenters. The largest absolute Gasteiger partial charge is 0.350 e. The first-order valence-corrected chi connectivity index (χ1v) is 12.0. The van der Waals surface area contributed by atoms with Crippen molar-refractivity contribution in [2.45, 2.75) is 123 Å². The summed E-state index contributed by atoms with van der Waals surface area (Å²) in [4.78, 5) is 11.6. The lowest BCUT2D eigenvalue weighted by Crippen LogP contribution is -2.30. The van der Waals surface area contributed by atoms with Crippen LogP contribution in [0.5, 0.6) is 0 Å². The minimum Gasteiger partial charge on any atom is -0.350 e. The van der Waals surface area contributed by atoms with E-state index in [1.165, 1.54) is 83.5 Å². The minimum atomic E-state index is -0.00360. The zero-order valence-corrected chi connectivity index (χ0v) is 19.1. The predicted octanol–water partition coefficient (Wildman–Crippen LogP) is 8.05. The first-order chi connectivity index (χ1) is 13.7. The van der Waals surface area contributed by atoms with Crippen molar-refractivity contribution in [2.75, 3.05) is 0 Å². The number of carbonyl (C=O) groups excluding carboxylic acids is 1. The normalized spacial score (nSPS) is 13.1. The number of hydrogen-bond acceptors (Lipinski definition) is 1. The second-order valence-electron chi connectivity index (χ2n) is 7.98. The van der Waals surface area contributed by atoms with Crippen LogP contribution in [0.4, 0.5) is 0 Å². The molecule has 0 aromatic heterocycles. The van der Waals surface area contributed by atoms with Crippen molar-refractivity contribution in [1.29, 1.82) is 0 Å². The van der Waals surface area contributed by atoms with E-state index in [2.05, 4.69) is 37.4 Å². The van der Waals surface area contributed by atoms with Gasteiger partial charge >= 0.3 is 0 Å². The molecular weight excluding hydrogens is 342 g/mol. The number of rotatable bonds is 19. The summed E-state index contributed by atoms with van der Waals surface area (Å²) in [6, 6.07) is 0.245. The predicted molar refractivity (Wildman–Crippen MR) is 126 cm³/mol. The number of unbranched alkanes of at least 4 members (excludes halogenated alkanes) is 12. The number of hydrogen-bond donors (Lipinski definition) is 1. The molecule has 1 N–H and O–H groups in total. The molecule has 0 bridgehead atoms. The smallest absolute Gasteiger partial charge is 0.244 e. The van der Waals surface area contributed by atoms with Crippen LogP contribution >= 0.6 is 0 Å². The van der Waals surface area contributed by atoms with E-state index in [0.717, 1.165) is 12.8 Å². The Bertz CT molecular complexity index is 422. The Morgan fingerprint density at radius 1 is 0.714 bits per heavy atom. The van der Waals surface area contributed by atoms with Gasteiger partial charge in [-0.3, -0.25) is 4.79 Å². The molecule has 0 saturated carbocycles. The van der Waals surface area contributed by atoms with Crippen LogP contribution in [-0.2, 0) is 4.79 Å². The molecule has 0 spiro atoms. The molecule has 1 amide bonds. The standard InChI is InChI=1S/C26H47NO/c1-4-6-7-8-9-10-11-12-13-14-15-16-17-18-19-20-21-22-23-24-26(28)27-25(3)5-2/h15-16,21-25H,4-14,17-20H2,1-3H3,(H,27,28). The average Bonchev–Trinajstić information content (AvgIpc) is 2.69. The second-order valence-corrected chi connectivity index (χ2v) is 7.98. The van der Waals surface area contributed by atoms with Crippen LogP contribution in [0.2, 0.25) is 0 Å². The molecule has 2 heteroatoms. The topological polar surface area (TPSA) is 29.1 Å². The van der Waals surface area contributed by atoms with Crippen LogP contribution in [0.25, 0.3) is 0 Å². The van der Waals surface area contributed by atoms with Crippen LogP contribution in [0.3, 0.4) is 0 Å². The van der Waals surface area contributed by atoms with Gasteiger partial charge in [0.25, 0.3) is 0 Å². The highest BCUT2D eigenvalue weighted by atomic mass is 16.1. The third kappa shape index (κ3) is 21.0. The monoisotopic (exact) mass is 389 g/mol. The summed E-state index contributed by atoms with van der Waals surface area (Å²) in [6.07, 6.45) is 31.9. The van der Waals surface area contributed by atoms with E-state index >= 15 is 0 Å². The van der Waals surface area contributed by atoms with Gasteiger partial charge in [0.1, 0.15) is 0 Å². The van der Waals surface area contributed by atoms with E-state index in [0.29, 0.717) is 0 Å². The maximum atomic E-state index is 11.6. The molecule has 2 nitrogen and oxygen atoms in total. The minimum absolute atomic E-state index is 0.00360. The fraction of sp³-hybridized carbons (Fsp3) is 0.731. The Morgan fingerprint density at radius 2 is 1.21 bits per heavy atom. The van der Waals surface area contributed by atoms with Gasteiger partial charge in [-0.2, -0.15) is 0 Å². The molecule has 0 rings (SSSR count). The van der Waals surface area contributed by atoms with Crippen molar-refractivity contribution in [2.24, 2.45) is 0 Å². The summed E-state index contributed by atoms with van der Waals surface area (Å²) in [5, 5.41) is 2.92. The summed E-state index contributed by atoms with van der Waals surface area (Å²) in [5.41, 5.74) is 0. The van der Waals surface area contributed by atoms with E-state index in [1.54, 1.807) is 6.08 Å². The van der Waals surface area contributed by atoms with Gasteiger partial charge in [0.05, 0.1) is 0 Å². The lowest BCUT2D eigenvalue weighted by atomic mass is 10.1. The van der Waals surface area contributed by atoms with Gasteiger partial charge in [-0.05, 0) is 51.9 Å². The maximum Gasteiger partial charge on any atom is 0.244 e. The molecule has 0 aliphatic rings. The summed E-state index contributed by atoms with van der Waals surface area (Å²) in [5.74, 6) is -0.00360. The Morgan fingerprint density at radius 3 is 1.79 bits per heavy atom. The molecule has 162 valence electrons. The van der Waals surface area contributed by atoms with Gasteiger partial charge in [0.2, 0.25) is 5.91 Å². The second kappa shape index (κ2) is 22.0. The van der Waals surface area contributed by atoms with Gasteiger partial charge in [-0.25, -0.2) is 0 Å². The van der Waals surface area contributed by atoms with Crippen molar-refractivity contribution in [3.8, 4) is 0 Å². The Labute approximate surface area is 176 Å². The first kappa shape index (κ1) is 26.7. The van der Waals surface area contributed by atoms with E-state index in [4.69, 9.17) is 0 Å². The Hall–Kier alpha value is -1.31. The van der Waals surface area contributed by atoms with Gasteiger partial charge in [-0.15, -0.1) is 0 Å². The van der Waals surface area contributed by atoms with Crippen LogP contribution in [0.15, 0.2) is 36.5 Å². The lowest BCUT2D eigenvalue weighted by molar-refractivity contribution is -0.117. The van der Waals surface area contributed by atoms with Crippen LogP contribution in [0, 0.1) is 0 Å². The zero-order chi connectivity index (χ0) is 20.7. The third-order valence-corrected chi connectivity index (χ3v) is 5.13. The average molecular weight is 390 g/mol. The molecule has 0 aliphatic heterocycles. The fourth-order valence-electron chi connectivity index (χ4n) is 3.04. The number of amides is 1. The Kier molecular flexibility index (Phi) is 21.0. The first-order valence-electron chi connectivity index (χ1n) is 12.0. The van der Waals surface area contributed by atoms with E-state index in [9.17, 15) is 4.79 Å². The van der Waals surface area contributed by atoms with E-state index < -0.39 is 0 Å². The number of carbonyl (C=O) groups is 1. The molecule has 0 saturated heterocycles. The van der Waals surface area contributed by atoms with Crippen molar-refractivity contribution in [1.82, 2.24) is 5.32 Å². The quantitative estimate of drug-likeness (QED) is 0.103. The van der Waals surface area contributed by atoms with Crippen LogP contribution in [0.1, 0.15) is 117 Å². The Balaban J connectivity index is 3.36. The van der Waals surface area contributed by atoms with Gasteiger partial charge in [0, 0.05) is 12.1 Å². The number of allylic oxidation sites excluding steroid dienone is 5. The van der Waals surface area contributed by atoms with E-state index in [1.807, 2.05) is 19.1 Å². The SMILES string of the molecule is CCCCCCCCCCCC=CCCCCC=CC=CC(=O)NC(C)CC. The summed E-state index contributed by atoms with van der Waals surface area (Å²) in [6.45, 7) is 6.37. The molecule has 0 aromatic rings. The molecule has 0 heterocycles. The molecule has 1 unspecified atom stereocenters. The van der Waals surface area contributed by atoms with Crippen molar-refractivity contribution >= 4 is 5.91 Å². The molecule has 28 heavy (non-hydrogen) atoms. The van der Waals surface area contributed by atoms with Crippen LogP contribution < -0.4 is 5.32 Å². The van der Waals surface area contributed by atoms with Crippen LogP contribution in [-0.4, -0.2) is 11.9 Å². The van der Waals surface area contributed by atoms with Gasteiger partial charge < -0.3 is 5.32 Å². The molecule has 0 radical (unpaired) electrons. The third-order valence-electron chi connectivity index (χ3n) is 5.13. The lowest BCUT2D eigenvalue weighted by Gasteiger charge is -2.07. The number of nitrogens with one attached hydrogen (secondary N) is 1. The van der Waals surface area contributed by atoms with E-state index in [-0.39, 0.29) is 11.9 Å². The zero-order valence-electron chi connectivity index (χ0n) is 19.1. The molecule has 0 aromatic carbocycles. The molecular formula is C26H47NO. The summed E-state index contributed by atoms with van der Waals surface area (Å²) >= 11 is 0. The van der Waals surface area contributed by atoms with Gasteiger partial charge in [-0.1, -0.05) is 95.6 Å². The van der Waals surface area contributed by atoms with Crippen molar-refractivity contribution < 1.29 is 4.79 Å². The maximum absolute atomic E-state index is 11.6. The fourth-order valence-corrected chi connectivity index (χ4v) is 3.04. The molecule has 0 fully saturated rings.